The predicted molar refractivity (Wildman–Crippen MR) is 71.4 cm³/mol. The van der Waals surface area contributed by atoms with E-state index < -0.39 is 0 Å². The van der Waals surface area contributed by atoms with Crippen molar-refractivity contribution in [2.24, 2.45) is 0 Å². The van der Waals surface area contributed by atoms with Gasteiger partial charge in [-0.1, -0.05) is 21.1 Å². The van der Waals surface area contributed by atoms with E-state index in [2.05, 4.69) is 26.1 Å². The van der Waals surface area contributed by atoms with Gasteiger partial charge in [0.15, 0.2) is 5.82 Å². The summed E-state index contributed by atoms with van der Waals surface area (Å²) in [6.45, 7) is 0.851. The Kier molecular flexibility index (Phi) is 3.98. The van der Waals surface area contributed by atoms with Crippen LogP contribution in [0.2, 0.25) is 0 Å². The first kappa shape index (κ1) is 13.0. The van der Waals surface area contributed by atoms with E-state index >= 15 is 0 Å². The Hall–Kier alpha value is -1.40. The van der Waals surface area contributed by atoms with Crippen molar-refractivity contribution >= 4 is 15.9 Å². The second-order valence-electron chi connectivity index (χ2n) is 4.23. The molecule has 2 aromatic rings. The number of nitrogens with zero attached hydrogens (tertiary/aromatic N) is 3. The molecule has 0 spiro atoms. The standard InChI is InChI=1S/C12H14BrN3O2/c1-16(2)6-5-11-14-12(18-15-11)9-7-8(13)3-4-10(9)17/h3-4,7,17H,5-6H2,1-2H3. The van der Waals surface area contributed by atoms with Crippen molar-refractivity contribution in [2.45, 2.75) is 6.42 Å². The lowest BCUT2D eigenvalue weighted by Crippen LogP contribution is -2.15. The molecule has 96 valence electrons. The summed E-state index contributed by atoms with van der Waals surface area (Å²) in [5.41, 5.74) is 0.535. The largest absolute Gasteiger partial charge is 0.507 e. The maximum atomic E-state index is 9.76. The molecule has 0 aliphatic carbocycles. The normalized spacial score (nSPS) is 11.1. The number of hydrogen-bond donors (Lipinski definition) is 1. The topological polar surface area (TPSA) is 62.4 Å². The molecule has 0 saturated carbocycles. The van der Waals surface area contributed by atoms with Gasteiger partial charge in [0, 0.05) is 17.4 Å². The van der Waals surface area contributed by atoms with E-state index in [1.165, 1.54) is 0 Å². The van der Waals surface area contributed by atoms with Crippen molar-refractivity contribution < 1.29 is 9.63 Å². The lowest BCUT2D eigenvalue weighted by Gasteiger charge is -2.05. The maximum Gasteiger partial charge on any atom is 0.261 e. The molecule has 0 atom stereocenters. The van der Waals surface area contributed by atoms with Crippen molar-refractivity contribution in [2.75, 3.05) is 20.6 Å². The summed E-state index contributed by atoms with van der Waals surface area (Å²) in [5, 5.41) is 13.7. The molecule has 0 saturated heterocycles. The molecule has 0 bridgehead atoms. The maximum absolute atomic E-state index is 9.76. The molecular weight excluding hydrogens is 298 g/mol. The Balaban J connectivity index is 2.21. The second-order valence-corrected chi connectivity index (χ2v) is 5.15. The van der Waals surface area contributed by atoms with E-state index in [1.54, 1.807) is 18.2 Å². The average molecular weight is 312 g/mol. The number of rotatable bonds is 4. The molecule has 1 aromatic carbocycles. The molecule has 0 unspecified atom stereocenters. The van der Waals surface area contributed by atoms with Crippen LogP contribution in [0.4, 0.5) is 0 Å². The molecule has 1 heterocycles. The predicted octanol–water partition coefficient (Wildman–Crippen LogP) is 2.31. The zero-order chi connectivity index (χ0) is 13.1. The Bertz CT molecular complexity index is 540. The van der Waals surface area contributed by atoms with Gasteiger partial charge >= 0.3 is 0 Å². The van der Waals surface area contributed by atoms with E-state index in [4.69, 9.17) is 4.52 Å². The van der Waals surface area contributed by atoms with Gasteiger partial charge in [0.25, 0.3) is 5.89 Å². The zero-order valence-corrected chi connectivity index (χ0v) is 11.8. The van der Waals surface area contributed by atoms with Crippen molar-refractivity contribution in [3.05, 3.63) is 28.5 Å². The van der Waals surface area contributed by atoms with Crippen LogP contribution in [-0.2, 0) is 6.42 Å². The van der Waals surface area contributed by atoms with Crippen molar-refractivity contribution in [1.82, 2.24) is 15.0 Å². The average Bonchev–Trinajstić information content (AvgIpc) is 2.78. The molecule has 1 N–H and O–H groups in total. The Labute approximate surface area is 114 Å². The van der Waals surface area contributed by atoms with E-state index in [0.29, 0.717) is 23.7 Å². The molecule has 2 rings (SSSR count). The minimum Gasteiger partial charge on any atom is -0.507 e. The smallest absolute Gasteiger partial charge is 0.261 e. The number of benzene rings is 1. The Morgan fingerprint density at radius 3 is 2.89 bits per heavy atom. The van der Waals surface area contributed by atoms with E-state index in [-0.39, 0.29) is 5.75 Å². The monoisotopic (exact) mass is 311 g/mol. The molecule has 0 aliphatic rings. The summed E-state index contributed by atoms with van der Waals surface area (Å²) >= 11 is 3.34. The van der Waals surface area contributed by atoms with E-state index in [9.17, 15) is 5.11 Å². The van der Waals surface area contributed by atoms with Crippen LogP contribution in [0, 0.1) is 0 Å². The summed E-state index contributed by atoms with van der Waals surface area (Å²) in [7, 11) is 3.97. The molecular formula is C12H14BrN3O2. The quantitative estimate of drug-likeness (QED) is 0.938. The van der Waals surface area contributed by atoms with Crippen LogP contribution in [0.1, 0.15) is 5.82 Å². The highest BCUT2D eigenvalue weighted by Gasteiger charge is 2.13. The third-order valence-electron chi connectivity index (χ3n) is 2.44. The van der Waals surface area contributed by atoms with Gasteiger partial charge in [0.05, 0.1) is 5.56 Å². The second kappa shape index (κ2) is 5.49. The van der Waals surface area contributed by atoms with E-state index in [1.807, 2.05) is 19.0 Å². The van der Waals surface area contributed by atoms with Crippen molar-refractivity contribution in [1.29, 1.82) is 0 Å². The molecule has 0 fully saturated rings. The molecule has 1 aromatic heterocycles. The number of likely N-dealkylation sites (N-methyl/N-ethyl adjacent to an activating group) is 1. The molecule has 0 aliphatic heterocycles. The molecule has 6 heteroatoms. The van der Waals surface area contributed by atoms with Crippen molar-refractivity contribution in [3.8, 4) is 17.2 Å². The van der Waals surface area contributed by atoms with E-state index in [0.717, 1.165) is 11.0 Å². The van der Waals surface area contributed by atoms with Gasteiger partial charge in [-0.25, -0.2) is 0 Å². The van der Waals surface area contributed by atoms with Crippen LogP contribution >= 0.6 is 15.9 Å². The third kappa shape index (κ3) is 3.08. The minimum absolute atomic E-state index is 0.126. The van der Waals surface area contributed by atoms with Crippen LogP contribution in [0.15, 0.2) is 27.2 Å². The summed E-state index contributed by atoms with van der Waals surface area (Å²) in [6.07, 6.45) is 0.714. The van der Waals surface area contributed by atoms with Crippen molar-refractivity contribution in [3.63, 3.8) is 0 Å². The Morgan fingerprint density at radius 2 is 2.17 bits per heavy atom. The van der Waals surface area contributed by atoms with Gasteiger partial charge in [-0.05, 0) is 32.3 Å². The summed E-state index contributed by atoms with van der Waals surface area (Å²) in [4.78, 5) is 6.32. The van der Waals surface area contributed by atoms with Crippen LogP contribution in [0.3, 0.4) is 0 Å². The highest BCUT2D eigenvalue weighted by molar-refractivity contribution is 9.10. The molecule has 0 radical (unpaired) electrons. The van der Waals surface area contributed by atoms with Gasteiger partial charge in [0.1, 0.15) is 5.75 Å². The first-order chi connectivity index (χ1) is 8.56. The number of phenols is 1. The van der Waals surface area contributed by atoms with Gasteiger partial charge in [-0.2, -0.15) is 4.98 Å². The van der Waals surface area contributed by atoms with Gasteiger partial charge in [-0.15, -0.1) is 0 Å². The molecule has 0 amide bonds. The summed E-state index contributed by atoms with van der Waals surface area (Å²) < 4.78 is 6.01. The fourth-order valence-electron chi connectivity index (χ4n) is 1.47. The lowest BCUT2D eigenvalue weighted by atomic mass is 10.2. The fourth-order valence-corrected chi connectivity index (χ4v) is 1.83. The highest BCUT2D eigenvalue weighted by atomic mass is 79.9. The van der Waals surface area contributed by atoms with Crippen LogP contribution in [0.5, 0.6) is 5.75 Å². The van der Waals surface area contributed by atoms with Gasteiger partial charge in [0.2, 0.25) is 0 Å². The van der Waals surface area contributed by atoms with Crippen LogP contribution in [0.25, 0.3) is 11.5 Å². The minimum atomic E-state index is 0.126. The summed E-state index contributed by atoms with van der Waals surface area (Å²) in [6, 6.07) is 5.09. The molecule has 18 heavy (non-hydrogen) atoms. The highest BCUT2D eigenvalue weighted by Crippen LogP contribution is 2.30. The summed E-state index contributed by atoms with van der Waals surface area (Å²) in [5.74, 6) is 1.10. The van der Waals surface area contributed by atoms with Crippen LogP contribution in [-0.4, -0.2) is 40.8 Å². The first-order valence-corrected chi connectivity index (χ1v) is 6.32. The number of halogens is 1. The Morgan fingerprint density at radius 1 is 1.39 bits per heavy atom. The lowest BCUT2D eigenvalue weighted by molar-refractivity contribution is 0.391. The van der Waals surface area contributed by atoms with Gasteiger partial charge < -0.3 is 14.5 Å². The van der Waals surface area contributed by atoms with Gasteiger partial charge in [-0.3, -0.25) is 0 Å². The number of aromatic nitrogens is 2. The fraction of sp³-hybridized carbons (Fsp3) is 0.333. The SMILES string of the molecule is CN(C)CCc1noc(-c2cc(Br)ccc2O)n1. The molecule has 5 nitrogen and oxygen atoms in total. The zero-order valence-electron chi connectivity index (χ0n) is 10.2. The third-order valence-corrected chi connectivity index (χ3v) is 2.93. The number of hydrogen-bond acceptors (Lipinski definition) is 5. The van der Waals surface area contributed by atoms with Crippen LogP contribution < -0.4 is 0 Å². The number of aromatic hydroxyl groups is 1. The number of phenolic OH excluding ortho intramolecular Hbond substituents is 1. The first-order valence-electron chi connectivity index (χ1n) is 5.52.